The molecule has 1 amide bonds. The van der Waals surface area contributed by atoms with Gasteiger partial charge in [-0.05, 0) is 51.2 Å². The summed E-state index contributed by atoms with van der Waals surface area (Å²) < 4.78 is 10.5. The molecule has 23 heavy (non-hydrogen) atoms. The first kappa shape index (κ1) is 17.3. The molecule has 1 aromatic rings. The second kappa shape index (κ2) is 8.02. The van der Waals surface area contributed by atoms with Gasteiger partial charge < -0.3 is 19.3 Å². The third-order valence-electron chi connectivity index (χ3n) is 4.43. The van der Waals surface area contributed by atoms with E-state index in [2.05, 4.69) is 11.9 Å². The van der Waals surface area contributed by atoms with Crippen molar-refractivity contribution in [2.24, 2.45) is 0 Å². The van der Waals surface area contributed by atoms with Gasteiger partial charge in [-0.15, -0.1) is 0 Å². The lowest BCUT2D eigenvalue weighted by molar-refractivity contribution is -0.127. The molecule has 0 aliphatic carbocycles. The Morgan fingerprint density at radius 1 is 1.26 bits per heavy atom. The quantitative estimate of drug-likeness (QED) is 0.781. The number of carbonyl (C=O) groups excluding carboxylic acids is 1. The van der Waals surface area contributed by atoms with E-state index in [1.54, 1.807) is 26.4 Å². The van der Waals surface area contributed by atoms with Crippen LogP contribution in [0, 0.1) is 0 Å². The predicted octanol–water partition coefficient (Wildman–Crippen LogP) is 2.27. The van der Waals surface area contributed by atoms with E-state index < -0.39 is 0 Å². The number of carbonyl (C=O) groups is 1. The van der Waals surface area contributed by atoms with Gasteiger partial charge in [0.05, 0.1) is 14.2 Å². The SMILES string of the molecule is COc1ccc(C=CC(=O)N(C)C2CCN(C)CC2)c(OC)c1. The maximum absolute atomic E-state index is 12.4. The number of hydrogen-bond acceptors (Lipinski definition) is 4. The van der Waals surface area contributed by atoms with Gasteiger partial charge in [0.1, 0.15) is 11.5 Å². The maximum atomic E-state index is 12.4. The number of rotatable bonds is 5. The van der Waals surface area contributed by atoms with Crippen molar-refractivity contribution in [2.45, 2.75) is 18.9 Å². The number of ether oxygens (including phenoxy) is 2. The van der Waals surface area contributed by atoms with Crippen LogP contribution in [0.25, 0.3) is 6.08 Å². The summed E-state index contributed by atoms with van der Waals surface area (Å²) in [6.07, 6.45) is 5.46. The fraction of sp³-hybridized carbons (Fsp3) is 0.500. The molecule has 1 aromatic carbocycles. The lowest BCUT2D eigenvalue weighted by Crippen LogP contribution is -2.43. The second-order valence-corrected chi connectivity index (χ2v) is 5.92. The van der Waals surface area contributed by atoms with Gasteiger partial charge in [-0.1, -0.05) is 0 Å². The van der Waals surface area contributed by atoms with Crippen LogP contribution in [0.5, 0.6) is 11.5 Å². The molecule has 0 aromatic heterocycles. The number of nitrogens with zero attached hydrogens (tertiary/aromatic N) is 2. The Morgan fingerprint density at radius 3 is 2.57 bits per heavy atom. The molecule has 1 fully saturated rings. The summed E-state index contributed by atoms with van der Waals surface area (Å²) in [7, 11) is 7.23. The van der Waals surface area contributed by atoms with E-state index in [9.17, 15) is 4.79 Å². The molecule has 0 atom stereocenters. The average molecular weight is 318 g/mol. The molecule has 5 nitrogen and oxygen atoms in total. The minimum atomic E-state index is 0.0254. The summed E-state index contributed by atoms with van der Waals surface area (Å²) in [6, 6.07) is 5.87. The first-order valence-corrected chi connectivity index (χ1v) is 7.90. The van der Waals surface area contributed by atoms with E-state index >= 15 is 0 Å². The third-order valence-corrected chi connectivity index (χ3v) is 4.43. The van der Waals surface area contributed by atoms with Crippen LogP contribution >= 0.6 is 0 Å². The van der Waals surface area contributed by atoms with Crippen molar-refractivity contribution < 1.29 is 14.3 Å². The van der Waals surface area contributed by atoms with Crippen LogP contribution in [0.2, 0.25) is 0 Å². The topological polar surface area (TPSA) is 42.0 Å². The van der Waals surface area contributed by atoms with Crippen molar-refractivity contribution in [3.05, 3.63) is 29.8 Å². The lowest BCUT2D eigenvalue weighted by atomic mass is 10.0. The van der Waals surface area contributed by atoms with Crippen LogP contribution in [0.15, 0.2) is 24.3 Å². The standard InChI is InChI=1S/C18H26N2O3/c1-19-11-9-15(10-12-19)20(2)18(21)8-6-14-5-7-16(22-3)13-17(14)23-4/h5-8,13,15H,9-12H2,1-4H3. The maximum Gasteiger partial charge on any atom is 0.246 e. The summed E-state index contributed by atoms with van der Waals surface area (Å²) >= 11 is 0. The Bertz CT molecular complexity index is 563. The van der Waals surface area contributed by atoms with Crippen molar-refractivity contribution in [3.8, 4) is 11.5 Å². The number of likely N-dealkylation sites (N-methyl/N-ethyl adjacent to an activating group) is 1. The zero-order valence-electron chi connectivity index (χ0n) is 14.4. The first-order valence-electron chi connectivity index (χ1n) is 7.90. The van der Waals surface area contributed by atoms with Crippen LogP contribution in [0.3, 0.4) is 0 Å². The van der Waals surface area contributed by atoms with E-state index in [-0.39, 0.29) is 5.91 Å². The molecule has 1 saturated heterocycles. The second-order valence-electron chi connectivity index (χ2n) is 5.92. The molecule has 126 valence electrons. The average Bonchev–Trinajstić information content (AvgIpc) is 2.59. The van der Waals surface area contributed by atoms with Gasteiger partial charge in [-0.3, -0.25) is 4.79 Å². The number of methoxy groups -OCH3 is 2. The summed E-state index contributed by atoms with van der Waals surface area (Å²) in [5.41, 5.74) is 0.860. The first-order chi connectivity index (χ1) is 11.0. The van der Waals surface area contributed by atoms with Gasteiger partial charge in [0.15, 0.2) is 0 Å². The van der Waals surface area contributed by atoms with Gasteiger partial charge in [0.25, 0.3) is 0 Å². The largest absolute Gasteiger partial charge is 0.497 e. The van der Waals surface area contributed by atoms with Gasteiger partial charge in [0.2, 0.25) is 5.91 Å². The lowest BCUT2D eigenvalue weighted by Gasteiger charge is -2.34. The molecule has 0 N–H and O–H groups in total. The van der Waals surface area contributed by atoms with Crippen molar-refractivity contribution in [1.29, 1.82) is 0 Å². The minimum Gasteiger partial charge on any atom is -0.497 e. The monoisotopic (exact) mass is 318 g/mol. The van der Waals surface area contributed by atoms with Gasteiger partial charge >= 0.3 is 0 Å². The van der Waals surface area contributed by atoms with Crippen LogP contribution in [-0.4, -0.2) is 63.2 Å². The number of benzene rings is 1. The highest BCUT2D eigenvalue weighted by Gasteiger charge is 2.22. The molecule has 0 bridgehead atoms. The highest BCUT2D eigenvalue weighted by atomic mass is 16.5. The van der Waals surface area contributed by atoms with Crippen LogP contribution in [-0.2, 0) is 4.79 Å². The molecule has 0 saturated carbocycles. The fourth-order valence-electron chi connectivity index (χ4n) is 2.80. The molecular formula is C18H26N2O3. The molecule has 0 unspecified atom stereocenters. The molecule has 0 spiro atoms. The zero-order valence-corrected chi connectivity index (χ0v) is 14.4. The van der Waals surface area contributed by atoms with Gasteiger partial charge in [-0.25, -0.2) is 0 Å². The normalized spacial score (nSPS) is 16.5. The highest BCUT2D eigenvalue weighted by Crippen LogP contribution is 2.25. The van der Waals surface area contributed by atoms with E-state index in [1.807, 2.05) is 30.1 Å². The van der Waals surface area contributed by atoms with Crippen molar-refractivity contribution >= 4 is 12.0 Å². The van der Waals surface area contributed by atoms with Gasteiger partial charge in [-0.2, -0.15) is 0 Å². The van der Waals surface area contributed by atoms with Crippen molar-refractivity contribution in [2.75, 3.05) is 41.4 Å². The van der Waals surface area contributed by atoms with E-state index in [0.717, 1.165) is 37.2 Å². The van der Waals surface area contributed by atoms with Crippen molar-refractivity contribution in [3.63, 3.8) is 0 Å². The van der Waals surface area contributed by atoms with E-state index in [1.165, 1.54) is 0 Å². The van der Waals surface area contributed by atoms with Crippen LogP contribution < -0.4 is 9.47 Å². The van der Waals surface area contributed by atoms with E-state index in [0.29, 0.717) is 11.8 Å². The fourth-order valence-corrected chi connectivity index (χ4v) is 2.80. The van der Waals surface area contributed by atoms with E-state index in [4.69, 9.17) is 9.47 Å². The Hall–Kier alpha value is -2.01. The van der Waals surface area contributed by atoms with Crippen LogP contribution in [0.4, 0.5) is 0 Å². The summed E-state index contributed by atoms with van der Waals surface area (Å²) in [6.45, 7) is 2.08. The molecule has 1 heterocycles. The number of likely N-dealkylation sites (tertiary alicyclic amines) is 1. The smallest absolute Gasteiger partial charge is 0.246 e. The van der Waals surface area contributed by atoms with Crippen molar-refractivity contribution in [1.82, 2.24) is 9.80 Å². The Balaban J connectivity index is 2.03. The summed E-state index contributed by atoms with van der Waals surface area (Å²) in [4.78, 5) is 16.5. The highest BCUT2D eigenvalue weighted by molar-refractivity contribution is 5.92. The molecule has 1 aliphatic rings. The molecule has 1 aliphatic heterocycles. The number of hydrogen-bond donors (Lipinski definition) is 0. The predicted molar refractivity (Wildman–Crippen MR) is 91.9 cm³/mol. The van der Waals surface area contributed by atoms with Gasteiger partial charge in [0, 0.05) is 30.8 Å². The minimum absolute atomic E-state index is 0.0254. The Kier molecular flexibility index (Phi) is 6.04. The number of piperidine rings is 1. The molecule has 0 radical (unpaired) electrons. The van der Waals surface area contributed by atoms with Crippen LogP contribution in [0.1, 0.15) is 18.4 Å². The molecule has 5 heteroatoms. The molecular weight excluding hydrogens is 292 g/mol. The number of amides is 1. The summed E-state index contributed by atoms with van der Waals surface area (Å²) in [5.74, 6) is 1.45. The Labute approximate surface area is 138 Å². The molecule has 2 rings (SSSR count). The third kappa shape index (κ3) is 4.48. The summed E-state index contributed by atoms with van der Waals surface area (Å²) in [5, 5.41) is 0. The Morgan fingerprint density at radius 2 is 1.96 bits per heavy atom. The zero-order chi connectivity index (χ0) is 16.8.